The van der Waals surface area contributed by atoms with Gasteiger partial charge in [-0.15, -0.1) is 0 Å². The third-order valence-electron chi connectivity index (χ3n) is 4.80. The van der Waals surface area contributed by atoms with Crippen LogP contribution < -0.4 is 9.64 Å². The highest BCUT2D eigenvalue weighted by Gasteiger charge is 2.20. The van der Waals surface area contributed by atoms with Crippen molar-refractivity contribution in [3.05, 3.63) is 66.4 Å². The van der Waals surface area contributed by atoms with Crippen LogP contribution in [0.4, 0.5) is 10.5 Å². The van der Waals surface area contributed by atoms with Crippen LogP contribution in [0.25, 0.3) is 10.9 Å². The number of benzene rings is 2. The van der Waals surface area contributed by atoms with E-state index < -0.39 is 6.09 Å². The molecule has 0 atom stereocenters. The summed E-state index contributed by atoms with van der Waals surface area (Å²) in [4.78, 5) is 19.2. The lowest BCUT2D eigenvalue weighted by atomic mass is 10.2. The zero-order valence-electron chi connectivity index (χ0n) is 14.9. The molecule has 1 saturated heterocycles. The first kappa shape index (κ1) is 17.1. The van der Waals surface area contributed by atoms with Gasteiger partial charge in [-0.25, -0.2) is 4.79 Å². The Morgan fingerprint density at radius 2 is 1.81 bits per heavy atom. The molecule has 0 radical (unpaired) electrons. The number of carboxylic acid groups (broad SMARTS) is 1. The maximum atomic E-state index is 11.1. The van der Waals surface area contributed by atoms with Crippen LogP contribution in [0.2, 0.25) is 0 Å². The number of carbonyl (C=O) groups is 1. The van der Waals surface area contributed by atoms with E-state index in [-0.39, 0.29) is 0 Å². The van der Waals surface area contributed by atoms with Gasteiger partial charge in [0.15, 0.2) is 0 Å². The molecule has 1 aliphatic rings. The van der Waals surface area contributed by atoms with Crippen molar-refractivity contribution >= 4 is 22.7 Å². The second kappa shape index (κ2) is 7.53. The molecule has 3 aromatic rings. The maximum absolute atomic E-state index is 11.1. The lowest BCUT2D eigenvalue weighted by molar-refractivity contribution is 0.142. The quantitative estimate of drug-likeness (QED) is 0.767. The molecule has 6 nitrogen and oxygen atoms in total. The van der Waals surface area contributed by atoms with Crippen LogP contribution >= 0.6 is 0 Å². The summed E-state index contributed by atoms with van der Waals surface area (Å²) in [6, 6.07) is 18.1. The summed E-state index contributed by atoms with van der Waals surface area (Å²) in [5.74, 6) is 0.806. The van der Waals surface area contributed by atoms with Crippen molar-refractivity contribution in [1.82, 2.24) is 9.88 Å². The normalized spacial score (nSPS) is 14.4. The van der Waals surface area contributed by atoms with E-state index in [0.717, 1.165) is 27.9 Å². The number of hydrogen-bond acceptors (Lipinski definition) is 4. The largest absolute Gasteiger partial charge is 0.489 e. The van der Waals surface area contributed by atoms with Gasteiger partial charge in [-0.2, -0.15) is 0 Å². The van der Waals surface area contributed by atoms with E-state index in [1.165, 1.54) is 4.90 Å². The van der Waals surface area contributed by atoms with Crippen LogP contribution in [0.3, 0.4) is 0 Å². The number of aromatic nitrogens is 1. The van der Waals surface area contributed by atoms with Crippen molar-refractivity contribution in [3.63, 3.8) is 0 Å². The molecule has 1 aliphatic heterocycles. The lowest BCUT2D eigenvalue weighted by Crippen LogP contribution is -2.48. The van der Waals surface area contributed by atoms with Gasteiger partial charge in [0.05, 0.1) is 17.4 Å². The van der Waals surface area contributed by atoms with Crippen molar-refractivity contribution < 1.29 is 14.6 Å². The Morgan fingerprint density at radius 3 is 2.56 bits per heavy atom. The van der Waals surface area contributed by atoms with Crippen molar-refractivity contribution in [2.45, 2.75) is 6.61 Å². The van der Waals surface area contributed by atoms with Crippen molar-refractivity contribution in [1.29, 1.82) is 0 Å². The molecule has 4 rings (SSSR count). The molecule has 0 aliphatic carbocycles. The fourth-order valence-corrected chi connectivity index (χ4v) is 3.26. The highest BCUT2D eigenvalue weighted by molar-refractivity contribution is 5.83. The topological polar surface area (TPSA) is 65.9 Å². The molecule has 1 amide bonds. The number of anilines is 1. The summed E-state index contributed by atoms with van der Waals surface area (Å²) in [6.45, 7) is 2.88. The number of amides is 1. The molecule has 138 valence electrons. The highest BCUT2D eigenvalue weighted by atomic mass is 16.5. The average Bonchev–Trinajstić information content (AvgIpc) is 2.72. The van der Waals surface area contributed by atoms with Gasteiger partial charge in [-0.3, -0.25) is 4.98 Å². The van der Waals surface area contributed by atoms with Gasteiger partial charge in [-0.1, -0.05) is 30.3 Å². The summed E-state index contributed by atoms with van der Waals surface area (Å²) in [7, 11) is 0. The minimum Gasteiger partial charge on any atom is -0.489 e. The third-order valence-corrected chi connectivity index (χ3v) is 4.80. The molecular formula is C21H21N3O3. The third kappa shape index (κ3) is 3.95. The van der Waals surface area contributed by atoms with E-state index in [1.807, 2.05) is 54.7 Å². The average molecular weight is 363 g/mol. The van der Waals surface area contributed by atoms with Crippen molar-refractivity contribution in [3.8, 4) is 5.75 Å². The first-order chi connectivity index (χ1) is 13.2. The molecular weight excluding hydrogens is 342 g/mol. The molecule has 1 N–H and O–H groups in total. The Balaban J connectivity index is 1.49. The first-order valence-corrected chi connectivity index (χ1v) is 8.98. The van der Waals surface area contributed by atoms with E-state index in [0.29, 0.717) is 32.8 Å². The number of nitrogens with zero attached hydrogens (tertiary/aromatic N) is 3. The van der Waals surface area contributed by atoms with Crippen LogP contribution in [0.15, 0.2) is 60.8 Å². The summed E-state index contributed by atoms with van der Waals surface area (Å²) < 4.78 is 5.91. The summed E-state index contributed by atoms with van der Waals surface area (Å²) >= 11 is 0. The van der Waals surface area contributed by atoms with E-state index in [4.69, 9.17) is 9.84 Å². The minimum absolute atomic E-state index is 0.508. The van der Waals surface area contributed by atoms with Gasteiger partial charge >= 0.3 is 6.09 Å². The summed E-state index contributed by atoms with van der Waals surface area (Å²) in [5.41, 5.74) is 3.04. The maximum Gasteiger partial charge on any atom is 0.407 e. The van der Waals surface area contributed by atoms with E-state index in [1.54, 1.807) is 0 Å². The van der Waals surface area contributed by atoms with Crippen LogP contribution in [-0.4, -0.2) is 47.3 Å². The van der Waals surface area contributed by atoms with E-state index in [2.05, 4.69) is 16.0 Å². The predicted molar refractivity (Wildman–Crippen MR) is 104 cm³/mol. The van der Waals surface area contributed by atoms with Gasteiger partial charge in [0.1, 0.15) is 12.4 Å². The van der Waals surface area contributed by atoms with Gasteiger partial charge < -0.3 is 19.6 Å². The smallest absolute Gasteiger partial charge is 0.407 e. The van der Waals surface area contributed by atoms with Crippen molar-refractivity contribution in [2.24, 2.45) is 0 Å². The van der Waals surface area contributed by atoms with E-state index in [9.17, 15) is 4.79 Å². The fraction of sp³-hybridized carbons (Fsp3) is 0.238. The molecule has 2 aromatic carbocycles. The number of rotatable bonds is 4. The molecule has 0 spiro atoms. The molecule has 27 heavy (non-hydrogen) atoms. The second-order valence-corrected chi connectivity index (χ2v) is 6.58. The molecule has 0 unspecified atom stereocenters. The van der Waals surface area contributed by atoms with Gasteiger partial charge in [-0.05, 0) is 29.8 Å². The summed E-state index contributed by atoms with van der Waals surface area (Å²) in [5, 5.41) is 10.1. The monoisotopic (exact) mass is 363 g/mol. The Labute approximate surface area is 157 Å². The second-order valence-electron chi connectivity index (χ2n) is 6.58. The fourth-order valence-electron chi connectivity index (χ4n) is 3.26. The number of piperazine rings is 1. The van der Waals surface area contributed by atoms with Crippen LogP contribution in [0, 0.1) is 0 Å². The van der Waals surface area contributed by atoms with Gasteiger partial charge in [0.25, 0.3) is 0 Å². The van der Waals surface area contributed by atoms with Crippen LogP contribution in [-0.2, 0) is 6.61 Å². The van der Waals surface area contributed by atoms with Crippen molar-refractivity contribution in [2.75, 3.05) is 31.1 Å². The Kier molecular flexibility index (Phi) is 4.78. The standard InChI is InChI=1S/C21H21N3O3/c25-21(26)24-10-8-23(9-11-24)18-12-17-13-19(6-7-20(17)22-14-18)27-15-16-4-2-1-3-5-16/h1-7,12-14H,8-11,15H2,(H,25,26). The molecule has 1 aromatic heterocycles. The minimum atomic E-state index is -0.855. The number of pyridine rings is 1. The molecule has 6 heteroatoms. The molecule has 0 bridgehead atoms. The van der Waals surface area contributed by atoms with Crippen LogP contribution in [0.1, 0.15) is 5.56 Å². The molecule has 0 saturated carbocycles. The lowest BCUT2D eigenvalue weighted by Gasteiger charge is -2.34. The molecule has 1 fully saturated rings. The summed E-state index contributed by atoms with van der Waals surface area (Å²) in [6.07, 6.45) is 0.995. The number of hydrogen-bond donors (Lipinski definition) is 1. The Bertz CT molecular complexity index is 938. The number of ether oxygens (including phenoxy) is 1. The van der Waals surface area contributed by atoms with E-state index >= 15 is 0 Å². The zero-order valence-corrected chi connectivity index (χ0v) is 14.9. The molecule has 2 heterocycles. The Hall–Kier alpha value is -3.28. The SMILES string of the molecule is O=C(O)N1CCN(c2cnc3ccc(OCc4ccccc4)cc3c2)CC1. The first-order valence-electron chi connectivity index (χ1n) is 8.98. The number of fused-ring (bicyclic) bond motifs is 1. The Morgan fingerprint density at radius 1 is 1.04 bits per heavy atom. The van der Waals surface area contributed by atoms with Crippen LogP contribution in [0.5, 0.6) is 5.75 Å². The highest BCUT2D eigenvalue weighted by Crippen LogP contribution is 2.25. The zero-order chi connectivity index (χ0) is 18.6. The van der Waals surface area contributed by atoms with Gasteiger partial charge in [0, 0.05) is 31.6 Å². The van der Waals surface area contributed by atoms with Gasteiger partial charge in [0.2, 0.25) is 0 Å². The predicted octanol–water partition coefficient (Wildman–Crippen LogP) is 3.61.